The van der Waals surface area contributed by atoms with E-state index in [2.05, 4.69) is 76.5 Å². The average molecular weight is 333 g/mol. The Morgan fingerprint density at radius 3 is 2.55 bits per heavy atom. The van der Waals surface area contributed by atoms with Crippen molar-refractivity contribution in [3.05, 3.63) is 63.6 Å². The SMILES string of the molecule is CNCc1ccc(N(C)Cc2ccccc2Br)c(C)c1. The number of rotatable bonds is 5. The zero-order valence-corrected chi connectivity index (χ0v) is 13.9. The number of hydrogen-bond acceptors (Lipinski definition) is 2. The summed E-state index contributed by atoms with van der Waals surface area (Å²) in [5, 5.41) is 3.19. The van der Waals surface area contributed by atoms with Gasteiger partial charge in [-0.05, 0) is 42.8 Å². The lowest BCUT2D eigenvalue weighted by Gasteiger charge is -2.22. The smallest absolute Gasteiger partial charge is 0.0437 e. The number of nitrogens with one attached hydrogen (secondary N) is 1. The molecule has 2 rings (SSSR count). The van der Waals surface area contributed by atoms with Gasteiger partial charge in [0.15, 0.2) is 0 Å². The van der Waals surface area contributed by atoms with Gasteiger partial charge in [0.2, 0.25) is 0 Å². The zero-order valence-electron chi connectivity index (χ0n) is 12.3. The van der Waals surface area contributed by atoms with Gasteiger partial charge in [-0.2, -0.15) is 0 Å². The number of nitrogens with zero attached hydrogens (tertiary/aromatic N) is 1. The van der Waals surface area contributed by atoms with Gasteiger partial charge in [0.25, 0.3) is 0 Å². The van der Waals surface area contributed by atoms with Gasteiger partial charge < -0.3 is 10.2 Å². The maximum atomic E-state index is 3.61. The van der Waals surface area contributed by atoms with Gasteiger partial charge in [0.05, 0.1) is 0 Å². The van der Waals surface area contributed by atoms with Crippen LogP contribution in [0.1, 0.15) is 16.7 Å². The third-order valence-corrected chi connectivity index (χ3v) is 4.19. The van der Waals surface area contributed by atoms with Crippen molar-refractivity contribution in [1.29, 1.82) is 0 Å². The molecule has 2 nitrogen and oxygen atoms in total. The summed E-state index contributed by atoms with van der Waals surface area (Å²) in [7, 11) is 4.11. The molecule has 0 saturated heterocycles. The Morgan fingerprint density at radius 1 is 1.15 bits per heavy atom. The standard InChI is InChI=1S/C17H21BrN2/c1-13-10-14(11-19-2)8-9-17(13)20(3)12-15-6-4-5-7-16(15)18/h4-10,19H,11-12H2,1-3H3. The van der Waals surface area contributed by atoms with Gasteiger partial charge in [-0.1, -0.05) is 46.3 Å². The molecule has 0 aromatic heterocycles. The Morgan fingerprint density at radius 2 is 1.90 bits per heavy atom. The summed E-state index contributed by atoms with van der Waals surface area (Å²) in [5.41, 5.74) is 5.21. The second kappa shape index (κ2) is 6.91. The van der Waals surface area contributed by atoms with E-state index in [1.807, 2.05) is 13.1 Å². The van der Waals surface area contributed by atoms with E-state index >= 15 is 0 Å². The lowest BCUT2D eigenvalue weighted by atomic mass is 10.1. The van der Waals surface area contributed by atoms with E-state index in [0.717, 1.165) is 17.6 Å². The highest BCUT2D eigenvalue weighted by Crippen LogP contribution is 2.24. The van der Waals surface area contributed by atoms with E-state index in [1.165, 1.54) is 22.4 Å². The lowest BCUT2D eigenvalue weighted by Crippen LogP contribution is -2.18. The number of hydrogen-bond donors (Lipinski definition) is 1. The van der Waals surface area contributed by atoms with Crippen molar-refractivity contribution in [3.63, 3.8) is 0 Å². The molecule has 0 amide bonds. The van der Waals surface area contributed by atoms with Crippen molar-refractivity contribution in [2.75, 3.05) is 19.0 Å². The van der Waals surface area contributed by atoms with Crippen molar-refractivity contribution >= 4 is 21.6 Å². The predicted molar refractivity (Wildman–Crippen MR) is 90.2 cm³/mol. The van der Waals surface area contributed by atoms with E-state index in [9.17, 15) is 0 Å². The molecule has 0 atom stereocenters. The molecule has 0 unspecified atom stereocenters. The van der Waals surface area contributed by atoms with Crippen LogP contribution in [0.25, 0.3) is 0 Å². The maximum absolute atomic E-state index is 3.61. The molecule has 0 spiro atoms. The average Bonchev–Trinajstić information content (AvgIpc) is 2.42. The normalized spacial score (nSPS) is 10.6. The molecule has 106 valence electrons. The zero-order chi connectivity index (χ0) is 14.5. The van der Waals surface area contributed by atoms with Crippen LogP contribution >= 0.6 is 15.9 Å². The second-order valence-corrected chi connectivity index (χ2v) is 5.95. The Labute approximate surface area is 129 Å². The van der Waals surface area contributed by atoms with Gasteiger partial charge in [0.1, 0.15) is 0 Å². The summed E-state index contributed by atoms with van der Waals surface area (Å²) in [5.74, 6) is 0. The van der Waals surface area contributed by atoms with Crippen LogP contribution < -0.4 is 10.2 Å². The Bertz CT molecular complexity index is 581. The first kappa shape index (κ1) is 15.1. The molecule has 2 aromatic rings. The number of anilines is 1. The maximum Gasteiger partial charge on any atom is 0.0437 e. The van der Waals surface area contributed by atoms with Crippen LogP contribution in [0, 0.1) is 6.92 Å². The van der Waals surface area contributed by atoms with Crippen LogP contribution in [0.5, 0.6) is 0 Å². The minimum Gasteiger partial charge on any atom is -0.370 e. The van der Waals surface area contributed by atoms with Crippen molar-refractivity contribution in [2.24, 2.45) is 0 Å². The molecule has 0 aliphatic heterocycles. The third-order valence-electron chi connectivity index (χ3n) is 3.42. The lowest BCUT2D eigenvalue weighted by molar-refractivity contribution is 0.815. The first-order valence-corrected chi connectivity index (χ1v) is 7.60. The highest BCUT2D eigenvalue weighted by atomic mass is 79.9. The van der Waals surface area contributed by atoms with E-state index in [0.29, 0.717) is 0 Å². The van der Waals surface area contributed by atoms with E-state index in [-0.39, 0.29) is 0 Å². The Hall–Kier alpha value is -1.32. The fourth-order valence-electron chi connectivity index (χ4n) is 2.43. The fraction of sp³-hybridized carbons (Fsp3) is 0.294. The van der Waals surface area contributed by atoms with Gasteiger partial charge >= 0.3 is 0 Å². The topological polar surface area (TPSA) is 15.3 Å². The van der Waals surface area contributed by atoms with E-state index in [1.54, 1.807) is 0 Å². The molecule has 0 aliphatic rings. The molecule has 3 heteroatoms. The highest BCUT2D eigenvalue weighted by Gasteiger charge is 2.08. The van der Waals surface area contributed by atoms with Crippen LogP contribution in [-0.2, 0) is 13.1 Å². The summed E-state index contributed by atoms with van der Waals surface area (Å²) in [4.78, 5) is 2.29. The summed E-state index contributed by atoms with van der Waals surface area (Å²) < 4.78 is 1.16. The van der Waals surface area contributed by atoms with Gasteiger partial charge in [-0.25, -0.2) is 0 Å². The quantitative estimate of drug-likeness (QED) is 0.886. The van der Waals surface area contributed by atoms with Crippen molar-refractivity contribution in [3.8, 4) is 0 Å². The van der Waals surface area contributed by atoms with Gasteiger partial charge in [0, 0.05) is 30.3 Å². The monoisotopic (exact) mass is 332 g/mol. The molecule has 0 saturated carbocycles. The number of halogens is 1. The first-order valence-electron chi connectivity index (χ1n) is 6.80. The predicted octanol–water partition coefficient (Wildman–Crippen LogP) is 4.11. The Balaban J connectivity index is 2.17. The molecule has 2 aromatic carbocycles. The van der Waals surface area contributed by atoms with Crippen LogP contribution in [-0.4, -0.2) is 14.1 Å². The molecule has 0 fully saturated rings. The molecule has 20 heavy (non-hydrogen) atoms. The van der Waals surface area contributed by atoms with Crippen LogP contribution in [0.15, 0.2) is 46.9 Å². The molecule has 0 radical (unpaired) electrons. The van der Waals surface area contributed by atoms with Crippen molar-refractivity contribution in [1.82, 2.24) is 5.32 Å². The minimum atomic E-state index is 0.896. The van der Waals surface area contributed by atoms with E-state index < -0.39 is 0 Å². The molecule has 0 aliphatic carbocycles. The van der Waals surface area contributed by atoms with Gasteiger partial charge in [-0.3, -0.25) is 0 Å². The van der Waals surface area contributed by atoms with Crippen LogP contribution in [0.2, 0.25) is 0 Å². The summed E-state index contributed by atoms with van der Waals surface area (Å²) in [6.45, 7) is 3.98. The number of benzene rings is 2. The van der Waals surface area contributed by atoms with Crippen molar-refractivity contribution < 1.29 is 0 Å². The van der Waals surface area contributed by atoms with Crippen molar-refractivity contribution in [2.45, 2.75) is 20.0 Å². The van der Waals surface area contributed by atoms with Crippen LogP contribution in [0.4, 0.5) is 5.69 Å². The molecule has 0 bridgehead atoms. The fourth-order valence-corrected chi connectivity index (χ4v) is 2.84. The second-order valence-electron chi connectivity index (χ2n) is 5.10. The van der Waals surface area contributed by atoms with Crippen LogP contribution in [0.3, 0.4) is 0 Å². The largest absolute Gasteiger partial charge is 0.370 e. The summed E-state index contributed by atoms with van der Waals surface area (Å²) in [6, 6.07) is 15.0. The Kier molecular flexibility index (Phi) is 5.21. The summed E-state index contributed by atoms with van der Waals surface area (Å²) >= 11 is 3.61. The summed E-state index contributed by atoms with van der Waals surface area (Å²) in [6.07, 6.45) is 0. The minimum absolute atomic E-state index is 0.896. The molecular formula is C17H21BrN2. The first-order chi connectivity index (χ1) is 9.61. The highest BCUT2D eigenvalue weighted by molar-refractivity contribution is 9.10. The van der Waals surface area contributed by atoms with E-state index in [4.69, 9.17) is 0 Å². The third kappa shape index (κ3) is 3.62. The molecule has 1 N–H and O–H groups in total. The molecule has 0 heterocycles. The van der Waals surface area contributed by atoms with Gasteiger partial charge in [-0.15, -0.1) is 0 Å². The number of aryl methyl sites for hydroxylation is 1. The molecular weight excluding hydrogens is 312 g/mol.